The zero-order valence-corrected chi connectivity index (χ0v) is 17.9. The van der Waals surface area contributed by atoms with Crippen LogP contribution < -0.4 is 5.32 Å². The van der Waals surface area contributed by atoms with Crippen LogP contribution in [0, 0.1) is 18.3 Å². The second-order valence-corrected chi connectivity index (χ2v) is 9.20. The molecule has 2 heterocycles. The van der Waals surface area contributed by atoms with Crippen LogP contribution in [0.2, 0.25) is 0 Å². The number of aliphatic hydroxyl groups excluding tert-OH is 1. The third kappa shape index (κ3) is 5.36. The molecule has 0 bridgehead atoms. The van der Waals surface area contributed by atoms with Gasteiger partial charge in [0, 0.05) is 22.8 Å². The van der Waals surface area contributed by atoms with Gasteiger partial charge in [-0.2, -0.15) is 5.26 Å². The number of rotatable bonds is 4. The molecule has 1 saturated heterocycles. The summed E-state index contributed by atoms with van der Waals surface area (Å²) in [4.78, 5) is 12.9. The first-order valence-electron chi connectivity index (χ1n) is 9.56. The standard InChI is InChI=1S/C22H26N2O4S/c1-13-7-14(5-6-16(13)19-9-15(10-23)12-29-19)8-17-20(25)18(11-24-17)27-21(26)28-22(2,3)4/h5-7,9,12,17-18,20,24-25H,8,11H2,1-4H3/t17-,18+,20+/m1/s1. The minimum absolute atomic E-state index is 0.209. The molecule has 1 aromatic heterocycles. The maximum atomic E-state index is 11.9. The van der Waals surface area contributed by atoms with E-state index in [2.05, 4.69) is 17.5 Å². The number of hydrogen-bond acceptors (Lipinski definition) is 7. The van der Waals surface area contributed by atoms with Gasteiger partial charge in [-0.3, -0.25) is 0 Å². The summed E-state index contributed by atoms with van der Waals surface area (Å²) in [5.74, 6) is 0. The molecule has 0 aliphatic carbocycles. The summed E-state index contributed by atoms with van der Waals surface area (Å²) in [6, 6.07) is 10.0. The van der Waals surface area contributed by atoms with E-state index in [4.69, 9.17) is 14.7 Å². The predicted octanol–water partition coefficient (Wildman–Crippen LogP) is 3.79. The molecule has 0 unspecified atom stereocenters. The molecule has 0 saturated carbocycles. The summed E-state index contributed by atoms with van der Waals surface area (Å²) in [5, 5.41) is 24.7. The third-order valence-corrected chi connectivity index (χ3v) is 5.72. The fraction of sp³-hybridized carbons (Fsp3) is 0.455. The average Bonchev–Trinajstić information content (AvgIpc) is 3.22. The first-order chi connectivity index (χ1) is 13.7. The Morgan fingerprint density at radius 1 is 1.38 bits per heavy atom. The monoisotopic (exact) mass is 414 g/mol. The van der Waals surface area contributed by atoms with Crippen LogP contribution in [0.15, 0.2) is 29.6 Å². The first-order valence-corrected chi connectivity index (χ1v) is 10.4. The molecule has 3 atom stereocenters. The van der Waals surface area contributed by atoms with Crippen LogP contribution in [0.4, 0.5) is 4.79 Å². The molecule has 6 nitrogen and oxygen atoms in total. The van der Waals surface area contributed by atoms with E-state index in [9.17, 15) is 9.90 Å². The normalized spacial score (nSPS) is 21.6. The highest BCUT2D eigenvalue weighted by Gasteiger charge is 2.38. The Morgan fingerprint density at radius 2 is 2.14 bits per heavy atom. The molecular weight excluding hydrogens is 388 g/mol. The molecule has 2 aromatic rings. The van der Waals surface area contributed by atoms with Gasteiger partial charge in [0.1, 0.15) is 23.9 Å². The maximum Gasteiger partial charge on any atom is 0.509 e. The fourth-order valence-corrected chi connectivity index (χ4v) is 4.31. The van der Waals surface area contributed by atoms with Crippen LogP contribution in [0.5, 0.6) is 0 Å². The minimum atomic E-state index is -0.807. The number of aryl methyl sites for hydroxylation is 1. The highest BCUT2D eigenvalue weighted by molar-refractivity contribution is 7.13. The van der Waals surface area contributed by atoms with Gasteiger partial charge >= 0.3 is 6.16 Å². The van der Waals surface area contributed by atoms with Crippen molar-refractivity contribution in [2.24, 2.45) is 0 Å². The molecule has 29 heavy (non-hydrogen) atoms. The van der Waals surface area contributed by atoms with Crippen molar-refractivity contribution in [2.45, 2.75) is 58.0 Å². The van der Waals surface area contributed by atoms with Gasteiger partial charge in [0.15, 0.2) is 0 Å². The summed E-state index contributed by atoms with van der Waals surface area (Å²) in [5.41, 5.74) is 3.33. The number of nitriles is 1. The lowest BCUT2D eigenvalue weighted by molar-refractivity contribution is -0.0486. The van der Waals surface area contributed by atoms with E-state index in [1.165, 1.54) is 0 Å². The van der Waals surface area contributed by atoms with E-state index in [-0.39, 0.29) is 6.04 Å². The Balaban J connectivity index is 1.62. The number of thiophene rings is 1. The fourth-order valence-electron chi connectivity index (χ4n) is 3.39. The molecule has 154 valence electrons. The van der Waals surface area contributed by atoms with Crippen LogP contribution in [0.1, 0.15) is 37.5 Å². The molecule has 0 radical (unpaired) electrons. The molecule has 0 spiro atoms. The number of ether oxygens (including phenoxy) is 2. The Labute approximate surface area is 175 Å². The quantitative estimate of drug-likeness (QED) is 0.740. The number of carbonyl (C=O) groups excluding carboxylic acids is 1. The van der Waals surface area contributed by atoms with Gasteiger partial charge in [0.05, 0.1) is 5.56 Å². The van der Waals surface area contributed by atoms with Crippen molar-refractivity contribution in [3.63, 3.8) is 0 Å². The number of aliphatic hydroxyl groups is 1. The van der Waals surface area contributed by atoms with Crippen LogP contribution >= 0.6 is 11.3 Å². The van der Waals surface area contributed by atoms with Gasteiger partial charge in [-0.1, -0.05) is 18.2 Å². The molecule has 1 fully saturated rings. The van der Waals surface area contributed by atoms with E-state index < -0.39 is 24.0 Å². The van der Waals surface area contributed by atoms with Crippen molar-refractivity contribution in [1.82, 2.24) is 5.32 Å². The van der Waals surface area contributed by atoms with Crippen LogP contribution in [-0.2, 0) is 15.9 Å². The van der Waals surface area contributed by atoms with E-state index in [0.29, 0.717) is 18.5 Å². The molecule has 0 amide bonds. The van der Waals surface area contributed by atoms with Crippen LogP contribution in [-0.4, -0.2) is 41.7 Å². The maximum absolute atomic E-state index is 11.9. The van der Waals surface area contributed by atoms with Gasteiger partial charge in [-0.25, -0.2) is 4.79 Å². The highest BCUT2D eigenvalue weighted by Crippen LogP contribution is 2.30. The molecule has 3 rings (SSSR count). The zero-order chi connectivity index (χ0) is 21.2. The van der Waals surface area contributed by atoms with Gasteiger partial charge in [-0.15, -0.1) is 11.3 Å². The molecule has 7 heteroatoms. The Bertz CT molecular complexity index is 926. The Kier molecular flexibility index (Phi) is 6.27. The lowest BCUT2D eigenvalue weighted by Crippen LogP contribution is -2.37. The number of carbonyl (C=O) groups is 1. The van der Waals surface area contributed by atoms with Crippen molar-refractivity contribution in [2.75, 3.05) is 6.54 Å². The van der Waals surface area contributed by atoms with E-state index >= 15 is 0 Å². The number of hydrogen-bond donors (Lipinski definition) is 2. The van der Waals surface area contributed by atoms with E-state index in [1.54, 1.807) is 32.1 Å². The SMILES string of the molecule is Cc1cc(C[C@H]2NC[C@H](OC(=O)OC(C)(C)C)[C@H]2O)ccc1-c1cc(C#N)cs1. The number of benzene rings is 1. The van der Waals surface area contributed by atoms with E-state index in [0.717, 1.165) is 21.6 Å². The largest absolute Gasteiger partial charge is 0.509 e. The van der Waals surface area contributed by atoms with Crippen LogP contribution in [0.25, 0.3) is 10.4 Å². The summed E-state index contributed by atoms with van der Waals surface area (Å²) >= 11 is 1.56. The third-order valence-electron chi connectivity index (χ3n) is 4.75. The summed E-state index contributed by atoms with van der Waals surface area (Å²) in [7, 11) is 0. The van der Waals surface area contributed by atoms with Gasteiger partial charge in [0.25, 0.3) is 0 Å². The average molecular weight is 415 g/mol. The summed E-state index contributed by atoms with van der Waals surface area (Å²) in [6.07, 6.45) is -1.59. The van der Waals surface area contributed by atoms with Gasteiger partial charge in [0.2, 0.25) is 0 Å². The van der Waals surface area contributed by atoms with Crippen molar-refractivity contribution in [1.29, 1.82) is 5.26 Å². The highest BCUT2D eigenvalue weighted by atomic mass is 32.1. The second kappa shape index (κ2) is 8.54. The number of nitrogens with zero attached hydrogens (tertiary/aromatic N) is 1. The van der Waals surface area contributed by atoms with E-state index in [1.807, 2.05) is 30.5 Å². The summed E-state index contributed by atoms with van der Waals surface area (Å²) < 4.78 is 10.4. The topological polar surface area (TPSA) is 91.6 Å². The first kappa shape index (κ1) is 21.3. The Hall–Kier alpha value is -2.40. The Morgan fingerprint density at radius 3 is 2.76 bits per heavy atom. The van der Waals surface area contributed by atoms with Gasteiger partial charge in [-0.05, 0) is 56.9 Å². The molecular formula is C22H26N2O4S. The molecule has 2 N–H and O–H groups in total. The smallest absolute Gasteiger partial charge is 0.429 e. The van der Waals surface area contributed by atoms with Crippen molar-refractivity contribution in [3.05, 3.63) is 46.3 Å². The van der Waals surface area contributed by atoms with Crippen molar-refractivity contribution in [3.8, 4) is 16.5 Å². The van der Waals surface area contributed by atoms with Crippen LogP contribution in [0.3, 0.4) is 0 Å². The lowest BCUT2D eigenvalue weighted by atomic mass is 9.97. The molecule has 1 aromatic carbocycles. The zero-order valence-electron chi connectivity index (χ0n) is 17.1. The van der Waals surface area contributed by atoms with Gasteiger partial charge < -0.3 is 19.9 Å². The molecule has 1 aliphatic rings. The predicted molar refractivity (Wildman–Crippen MR) is 112 cm³/mol. The summed E-state index contributed by atoms with van der Waals surface area (Å²) in [6.45, 7) is 7.73. The number of nitrogens with one attached hydrogen (secondary N) is 1. The lowest BCUT2D eigenvalue weighted by Gasteiger charge is -2.22. The van der Waals surface area contributed by atoms with Crippen molar-refractivity contribution >= 4 is 17.5 Å². The molecule has 1 aliphatic heterocycles. The minimum Gasteiger partial charge on any atom is -0.429 e. The van der Waals surface area contributed by atoms with Crippen molar-refractivity contribution < 1.29 is 19.4 Å². The second-order valence-electron chi connectivity index (χ2n) is 8.29.